The van der Waals surface area contributed by atoms with Crippen LogP contribution in [0.15, 0.2) is 24.3 Å². The number of hydrogen-bond acceptors (Lipinski definition) is 2. The summed E-state index contributed by atoms with van der Waals surface area (Å²) in [4.78, 5) is 0. The van der Waals surface area contributed by atoms with Crippen molar-refractivity contribution in [2.24, 2.45) is 0 Å². The summed E-state index contributed by atoms with van der Waals surface area (Å²) in [6, 6.07) is 7.25. The molecule has 0 heterocycles. The molecule has 2 nitrogen and oxygen atoms in total. The largest absolute Gasteiger partial charge is 0.397 e. The van der Waals surface area contributed by atoms with E-state index in [4.69, 9.17) is 11.5 Å². The molecule has 4 N–H and O–H groups in total. The van der Waals surface area contributed by atoms with E-state index in [-0.39, 0.29) is 0 Å². The maximum absolute atomic E-state index is 5.39. The van der Waals surface area contributed by atoms with Gasteiger partial charge in [0.15, 0.2) is 0 Å². The monoisotopic (exact) mass is 198 g/mol. The van der Waals surface area contributed by atoms with Crippen molar-refractivity contribution in [3.63, 3.8) is 0 Å². The van der Waals surface area contributed by atoms with Crippen LogP contribution < -0.4 is 11.5 Å². The molecule has 0 saturated heterocycles. The lowest BCUT2D eigenvalue weighted by molar-refractivity contribution is 1.50. The van der Waals surface area contributed by atoms with Crippen LogP contribution >= 0.6 is 0 Å². The highest BCUT2D eigenvalue weighted by molar-refractivity contribution is 5.62. The van der Waals surface area contributed by atoms with Crippen LogP contribution in [0.4, 0.5) is 11.4 Å². The van der Waals surface area contributed by atoms with Gasteiger partial charge in [-0.2, -0.15) is 0 Å². The van der Waals surface area contributed by atoms with Gasteiger partial charge in [0.25, 0.3) is 0 Å². The predicted octanol–water partition coefficient (Wildman–Crippen LogP) is 3.93. The molecule has 0 radical (unpaired) electrons. The Bertz CT molecular complexity index is 164. The average Bonchev–Trinajstić information content (AvgIpc) is 2.31. The van der Waals surface area contributed by atoms with E-state index in [0.29, 0.717) is 11.4 Å². The Morgan fingerprint density at radius 3 is 1.00 bits per heavy atom. The fourth-order valence-electron chi connectivity index (χ4n) is 0.511. The summed E-state index contributed by atoms with van der Waals surface area (Å²) in [6.45, 7) is 12.0. The number of para-hydroxylation sites is 2. The maximum Gasteiger partial charge on any atom is 0.0547 e. The molecular formula is C12H26N2. The van der Waals surface area contributed by atoms with Crippen LogP contribution in [0.5, 0.6) is 0 Å². The van der Waals surface area contributed by atoms with Gasteiger partial charge in [0.2, 0.25) is 0 Å². The normalized spacial score (nSPS) is 6.43. The molecule has 0 saturated carbocycles. The summed E-state index contributed by atoms with van der Waals surface area (Å²) < 4.78 is 0. The van der Waals surface area contributed by atoms with Crippen LogP contribution in [0.1, 0.15) is 41.5 Å². The lowest BCUT2D eigenvalue weighted by Crippen LogP contribution is -1.91. The molecule has 0 aliphatic carbocycles. The standard InChI is InChI=1S/C6H8N2.3C2H6/c7-5-3-1-2-4-6(5)8;3*1-2/h1-4H,7-8H2;3*1-2H3. The lowest BCUT2D eigenvalue weighted by atomic mass is 10.3. The first kappa shape index (κ1) is 18.6. The SMILES string of the molecule is CC.CC.CC.Nc1ccccc1N. The Morgan fingerprint density at radius 2 is 0.857 bits per heavy atom. The quantitative estimate of drug-likeness (QED) is 0.621. The molecule has 1 rings (SSSR count). The first-order valence-corrected chi connectivity index (χ1v) is 5.40. The highest BCUT2D eigenvalue weighted by Crippen LogP contribution is 2.10. The van der Waals surface area contributed by atoms with Gasteiger partial charge < -0.3 is 11.5 Å². The highest BCUT2D eigenvalue weighted by atomic mass is 14.7. The Labute approximate surface area is 89.3 Å². The second-order valence-electron chi connectivity index (χ2n) is 1.63. The van der Waals surface area contributed by atoms with Crippen LogP contribution in [0.3, 0.4) is 0 Å². The molecule has 0 fully saturated rings. The van der Waals surface area contributed by atoms with Gasteiger partial charge in [0.05, 0.1) is 11.4 Å². The van der Waals surface area contributed by atoms with Gasteiger partial charge in [-0.25, -0.2) is 0 Å². The third kappa shape index (κ3) is 10.8. The highest BCUT2D eigenvalue weighted by Gasteiger charge is 1.85. The van der Waals surface area contributed by atoms with E-state index < -0.39 is 0 Å². The minimum atomic E-state index is 0.646. The fourth-order valence-corrected chi connectivity index (χ4v) is 0.511. The Hall–Kier alpha value is -1.18. The second kappa shape index (κ2) is 17.8. The summed E-state index contributed by atoms with van der Waals surface area (Å²) in [6.07, 6.45) is 0. The van der Waals surface area contributed by atoms with Crippen molar-refractivity contribution < 1.29 is 0 Å². The van der Waals surface area contributed by atoms with Crippen LogP contribution in [0.25, 0.3) is 0 Å². The fraction of sp³-hybridized carbons (Fsp3) is 0.500. The van der Waals surface area contributed by atoms with Crippen LogP contribution in [0.2, 0.25) is 0 Å². The summed E-state index contributed by atoms with van der Waals surface area (Å²) in [5.41, 5.74) is 12.1. The third-order valence-electron chi connectivity index (χ3n) is 0.996. The Morgan fingerprint density at radius 1 is 0.643 bits per heavy atom. The molecule has 84 valence electrons. The Balaban J connectivity index is -0.000000174. The summed E-state index contributed by atoms with van der Waals surface area (Å²) in [7, 11) is 0. The number of nitrogen functional groups attached to an aromatic ring is 2. The van der Waals surface area contributed by atoms with Crippen molar-refractivity contribution in [1.82, 2.24) is 0 Å². The number of hydrogen-bond donors (Lipinski definition) is 2. The van der Waals surface area contributed by atoms with E-state index in [9.17, 15) is 0 Å². The minimum absolute atomic E-state index is 0.646. The van der Waals surface area contributed by atoms with Gasteiger partial charge in [-0.1, -0.05) is 53.7 Å². The first-order valence-electron chi connectivity index (χ1n) is 5.40. The molecule has 0 aromatic heterocycles. The predicted molar refractivity (Wildman–Crippen MR) is 69.3 cm³/mol. The summed E-state index contributed by atoms with van der Waals surface area (Å²) in [5, 5.41) is 0. The topological polar surface area (TPSA) is 52.0 Å². The smallest absolute Gasteiger partial charge is 0.0547 e. The number of rotatable bonds is 0. The van der Waals surface area contributed by atoms with E-state index in [1.165, 1.54) is 0 Å². The molecule has 0 amide bonds. The Kier molecular flexibility index (Phi) is 23.6. The van der Waals surface area contributed by atoms with Crippen molar-refractivity contribution in [3.05, 3.63) is 24.3 Å². The molecule has 0 aliphatic heterocycles. The molecule has 14 heavy (non-hydrogen) atoms. The van der Waals surface area contributed by atoms with Crippen molar-refractivity contribution >= 4 is 11.4 Å². The van der Waals surface area contributed by atoms with E-state index in [2.05, 4.69) is 0 Å². The van der Waals surface area contributed by atoms with Crippen molar-refractivity contribution in [3.8, 4) is 0 Å². The zero-order chi connectivity index (χ0) is 12.0. The molecule has 2 heteroatoms. The molecule has 0 aliphatic rings. The van der Waals surface area contributed by atoms with Crippen molar-refractivity contribution in [2.45, 2.75) is 41.5 Å². The van der Waals surface area contributed by atoms with E-state index in [0.717, 1.165) is 0 Å². The molecule has 1 aromatic carbocycles. The van der Waals surface area contributed by atoms with Gasteiger partial charge in [-0.05, 0) is 12.1 Å². The summed E-state index contributed by atoms with van der Waals surface area (Å²) in [5.74, 6) is 0. The number of nitrogens with two attached hydrogens (primary N) is 2. The second-order valence-corrected chi connectivity index (χ2v) is 1.63. The first-order chi connectivity index (χ1) is 6.80. The van der Waals surface area contributed by atoms with Gasteiger partial charge in [0, 0.05) is 0 Å². The maximum atomic E-state index is 5.39. The molecule has 0 atom stereocenters. The molecule has 0 spiro atoms. The molecular weight excluding hydrogens is 172 g/mol. The summed E-state index contributed by atoms with van der Waals surface area (Å²) >= 11 is 0. The van der Waals surface area contributed by atoms with Crippen molar-refractivity contribution in [2.75, 3.05) is 11.5 Å². The number of benzene rings is 1. The average molecular weight is 198 g/mol. The van der Waals surface area contributed by atoms with Crippen molar-refractivity contribution in [1.29, 1.82) is 0 Å². The molecule has 0 unspecified atom stereocenters. The minimum Gasteiger partial charge on any atom is -0.397 e. The van der Waals surface area contributed by atoms with Gasteiger partial charge in [-0.15, -0.1) is 0 Å². The van der Waals surface area contributed by atoms with Gasteiger partial charge >= 0.3 is 0 Å². The van der Waals surface area contributed by atoms with Crippen LogP contribution in [-0.4, -0.2) is 0 Å². The third-order valence-corrected chi connectivity index (χ3v) is 0.996. The van der Waals surface area contributed by atoms with E-state index in [1.54, 1.807) is 12.1 Å². The van der Waals surface area contributed by atoms with E-state index in [1.807, 2.05) is 53.7 Å². The van der Waals surface area contributed by atoms with Gasteiger partial charge in [0.1, 0.15) is 0 Å². The lowest BCUT2D eigenvalue weighted by Gasteiger charge is -1.94. The zero-order valence-electron chi connectivity index (χ0n) is 10.5. The van der Waals surface area contributed by atoms with E-state index >= 15 is 0 Å². The van der Waals surface area contributed by atoms with Gasteiger partial charge in [-0.3, -0.25) is 0 Å². The van der Waals surface area contributed by atoms with Crippen LogP contribution in [-0.2, 0) is 0 Å². The van der Waals surface area contributed by atoms with Crippen LogP contribution in [0, 0.1) is 0 Å². The zero-order valence-corrected chi connectivity index (χ0v) is 10.5. The molecule has 1 aromatic rings. The molecule has 0 bridgehead atoms. The number of anilines is 2.